The van der Waals surface area contributed by atoms with Crippen molar-refractivity contribution in [3.8, 4) is 28.3 Å². The van der Waals surface area contributed by atoms with Gasteiger partial charge in [-0.05, 0) is 42.8 Å². The molecule has 6 aromatic rings. The molecule has 4 aromatic heterocycles. The van der Waals surface area contributed by atoms with E-state index in [1.54, 1.807) is 13.4 Å². The molecule has 0 bridgehead atoms. The molecule has 0 radical (unpaired) electrons. The number of aromatic nitrogens is 5. The van der Waals surface area contributed by atoms with E-state index in [9.17, 15) is 0 Å². The number of benzene rings is 2. The Morgan fingerprint density at radius 1 is 0.897 bits per heavy atom. The quantitative estimate of drug-likeness (QED) is 0.265. The molecule has 1 aliphatic heterocycles. The average Bonchev–Trinajstić information content (AvgIpc) is 3.35. The summed E-state index contributed by atoms with van der Waals surface area (Å²) >= 11 is 0. The number of para-hydroxylation sites is 1. The number of fused-ring (bicyclic) bond motifs is 2. The van der Waals surface area contributed by atoms with Gasteiger partial charge >= 0.3 is 0 Å². The van der Waals surface area contributed by atoms with Crippen molar-refractivity contribution in [3.05, 3.63) is 97.3 Å². The smallest absolute Gasteiger partial charge is 0.148 e. The second-order valence-electron chi connectivity index (χ2n) is 9.58. The minimum Gasteiger partial charge on any atom is -0.496 e. The molecule has 7 rings (SSSR count). The second kappa shape index (κ2) is 9.72. The standard InChI is InChI=1S/C31H26N6O2/c1-38-29-6-3-2-5-25(29)27-18-37(31-26(27)17-33-20-34-31)23-13-21(15-32-16-23)19-39-24-9-7-22-8-10-30(35-28(22)14-24)36-11-4-12-36/h2-3,5-10,13-18,20H,4,11-12,19H2,1H3. The van der Waals surface area contributed by atoms with Crippen molar-refractivity contribution in [3.63, 3.8) is 0 Å². The van der Waals surface area contributed by atoms with Gasteiger partial charge in [0.2, 0.25) is 0 Å². The van der Waals surface area contributed by atoms with Crippen LogP contribution in [0.3, 0.4) is 0 Å². The van der Waals surface area contributed by atoms with E-state index in [4.69, 9.17) is 14.5 Å². The number of pyridine rings is 2. The summed E-state index contributed by atoms with van der Waals surface area (Å²) in [5.74, 6) is 2.60. The predicted octanol–water partition coefficient (Wildman–Crippen LogP) is 5.83. The van der Waals surface area contributed by atoms with Gasteiger partial charge in [0.05, 0.1) is 24.5 Å². The highest BCUT2D eigenvalue weighted by molar-refractivity contribution is 5.96. The molecule has 0 aliphatic carbocycles. The first-order valence-electron chi connectivity index (χ1n) is 12.9. The summed E-state index contributed by atoms with van der Waals surface area (Å²) in [4.78, 5) is 20.5. The van der Waals surface area contributed by atoms with E-state index in [-0.39, 0.29) is 0 Å². The average molecular weight is 515 g/mol. The number of hydrogen-bond acceptors (Lipinski definition) is 7. The zero-order valence-electron chi connectivity index (χ0n) is 21.5. The first-order chi connectivity index (χ1) is 19.3. The predicted molar refractivity (Wildman–Crippen MR) is 152 cm³/mol. The summed E-state index contributed by atoms with van der Waals surface area (Å²) in [6.45, 7) is 2.52. The molecule has 1 aliphatic rings. The summed E-state index contributed by atoms with van der Waals surface area (Å²) in [5, 5.41) is 2.03. The van der Waals surface area contributed by atoms with Crippen molar-refractivity contribution in [2.75, 3.05) is 25.1 Å². The number of methoxy groups -OCH3 is 1. The van der Waals surface area contributed by atoms with E-state index in [2.05, 4.69) is 50.3 Å². The Morgan fingerprint density at radius 2 is 1.79 bits per heavy atom. The third-order valence-corrected chi connectivity index (χ3v) is 7.16. The van der Waals surface area contributed by atoms with Crippen LogP contribution in [0.25, 0.3) is 38.8 Å². The first-order valence-corrected chi connectivity index (χ1v) is 12.9. The number of ether oxygens (including phenoxy) is 2. The van der Waals surface area contributed by atoms with E-state index in [1.807, 2.05) is 59.6 Å². The van der Waals surface area contributed by atoms with Gasteiger partial charge in [-0.3, -0.25) is 9.55 Å². The van der Waals surface area contributed by atoms with Crippen LogP contribution in [0.4, 0.5) is 5.82 Å². The topological polar surface area (TPSA) is 78.2 Å². The van der Waals surface area contributed by atoms with Crippen molar-refractivity contribution < 1.29 is 9.47 Å². The molecule has 8 heteroatoms. The van der Waals surface area contributed by atoms with Crippen molar-refractivity contribution >= 4 is 27.8 Å². The molecular formula is C31H26N6O2. The van der Waals surface area contributed by atoms with Crippen LogP contribution in [0.1, 0.15) is 12.0 Å². The molecule has 0 amide bonds. The normalized spacial score (nSPS) is 13.0. The summed E-state index contributed by atoms with van der Waals surface area (Å²) < 4.78 is 13.8. The summed E-state index contributed by atoms with van der Waals surface area (Å²) in [6, 6.07) is 20.3. The van der Waals surface area contributed by atoms with E-state index in [1.165, 1.54) is 6.42 Å². The minimum absolute atomic E-state index is 0.381. The Kier molecular flexibility index (Phi) is 5.77. The van der Waals surface area contributed by atoms with Gasteiger partial charge in [-0.15, -0.1) is 0 Å². The lowest BCUT2D eigenvalue weighted by molar-refractivity contribution is 0.306. The third kappa shape index (κ3) is 4.29. The Bertz CT molecular complexity index is 1810. The van der Waals surface area contributed by atoms with E-state index in [0.717, 1.165) is 74.7 Å². The molecule has 8 nitrogen and oxygen atoms in total. The maximum atomic E-state index is 6.18. The Hall–Kier alpha value is -4.98. The van der Waals surface area contributed by atoms with Gasteiger partial charge in [0.25, 0.3) is 0 Å². The maximum Gasteiger partial charge on any atom is 0.148 e. The number of anilines is 1. The van der Waals surface area contributed by atoms with Crippen LogP contribution in [-0.2, 0) is 6.61 Å². The van der Waals surface area contributed by atoms with Crippen LogP contribution in [-0.4, -0.2) is 44.7 Å². The lowest BCUT2D eigenvalue weighted by Crippen LogP contribution is -2.37. The minimum atomic E-state index is 0.381. The molecule has 0 spiro atoms. The van der Waals surface area contributed by atoms with Gasteiger partial charge < -0.3 is 14.4 Å². The number of nitrogens with zero attached hydrogens (tertiary/aromatic N) is 6. The van der Waals surface area contributed by atoms with Gasteiger partial charge in [0.1, 0.15) is 35.9 Å². The number of rotatable bonds is 7. The maximum absolute atomic E-state index is 6.18. The summed E-state index contributed by atoms with van der Waals surface area (Å²) in [6.07, 6.45) is 10.3. The highest BCUT2D eigenvalue weighted by Gasteiger charge is 2.17. The number of hydrogen-bond donors (Lipinski definition) is 0. The van der Waals surface area contributed by atoms with Gasteiger partial charge in [-0.25, -0.2) is 15.0 Å². The lowest BCUT2D eigenvalue weighted by atomic mass is 10.1. The van der Waals surface area contributed by atoms with Crippen molar-refractivity contribution in [2.45, 2.75) is 13.0 Å². The molecular weight excluding hydrogens is 488 g/mol. The molecule has 39 heavy (non-hydrogen) atoms. The Balaban J connectivity index is 1.18. The van der Waals surface area contributed by atoms with E-state index >= 15 is 0 Å². The van der Waals surface area contributed by atoms with Crippen molar-refractivity contribution in [1.29, 1.82) is 0 Å². The summed E-state index contributed by atoms with van der Waals surface area (Å²) in [7, 11) is 1.68. The summed E-state index contributed by atoms with van der Waals surface area (Å²) in [5.41, 5.74) is 5.54. The highest BCUT2D eigenvalue weighted by atomic mass is 16.5. The zero-order chi connectivity index (χ0) is 26.2. The molecule has 0 N–H and O–H groups in total. The van der Waals surface area contributed by atoms with Gasteiger partial charge in [-0.2, -0.15) is 0 Å². The van der Waals surface area contributed by atoms with E-state index < -0.39 is 0 Å². The van der Waals surface area contributed by atoms with Crippen LogP contribution < -0.4 is 14.4 Å². The van der Waals surface area contributed by atoms with Gasteiger partial charge in [0.15, 0.2) is 0 Å². The van der Waals surface area contributed by atoms with Crippen LogP contribution in [0.5, 0.6) is 11.5 Å². The van der Waals surface area contributed by atoms with Crippen LogP contribution >= 0.6 is 0 Å². The molecule has 1 fully saturated rings. The zero-order valence-corrected chi connectivity index (χ0v) is 21.5. The van der Waals surface area contributed by atoms with Crippen LogP contribution in [0.15, 0.2) is 91.8 Å². The highest BCUT2D eigenvalue weighted by Crippen LogP contribution is 2.36. The molecule has 5 heterocycles. The fourth-order valence-electron chi connectivity index (χ4n) is 4.99. The molecule has 192 valence electrons. The fraction of sp³-hybridized carbons (Fsp3) is 0.161. The van der Waals surface area contributed by atoms with Gasteiger partial charge in [0, 0.05) is 65.2 Å². The Morgan fingerprint density at radius 3 is 2.67 bits per heavy atom. The van der Waals surface area contributed by atoms with Crippen molar-refractivity contribution in [2.24, 2.45) is 0 Å². The second-order valence-corrected chi connectivity index (χ2v) is 9.58. The lowest BCUT2D eigenvalue weighted by Gasteiger charge is -2.32. The largest absolute Gasteiger partial charge is 0.496 e. The monoisotopic (exact) mass is 514 g/mol. The van der Waals surface area contributed by atoms with Gasteiger partial charge in [-0.1, -0.05) is 18.2 Å². The molecule has 2 aromatic carbocycles. The molecule has 0 atom stereocenters. The Labute approximate surface area is 225 Å². The third-order valence-electron chi connectivity index (χ3n) is 7.16. The fourth-order valence-corrected chi connectivity index (χ4v) is 4.99. The van der Waals surface area contributed by atoms with Crippen molar-refractivity contribution in [1.82, 2.24) is 24.5 Å². The van der Waals surface area contributed by atoms with Crippen LogP contribution in [0.2, 0.25) is 0 Å². The van der Waals surface area contributed by atoms with Crippen LogP contribution in [0, 0.1) is 0 Å². The molecule has 1 saturated heterocycles. The molecule has 0 unspecified atom stereocenters. The molecule has 0 saturated carbocycles. The SMILES string of the molecule is COc1ccccc1-c1cn(-c2cncc(COc3ccc4ccc(N5CCC5)nc4c3)c2)c2ncncc12. The first kappa shape index (κ1) is 23.2. The van der Waals surface area contributed by atoms with E-state index in [0.29, 0.717) is 6.61 Å².